The molecule has 1 aromatic rings. The summed E-state index contributed by atoms with van der Waals surface area (Å²) in [5, 5.41) is 4.74. The van der Waals surface area contributed by atoms with Gasteiger partial charge in [-0.1, -0.05) is 28.0 Å². The molecule has 2 heterocycles. The number of nitrogens with zero attached hydrogens (tertiary/aromatic N) is 2. The fourth-order valence-electron chi connectivity index (χ4n) is 1.69. The van der Waals surface area contributed by atoms with Gasteiger partial charge in [0.1, 0.15) is 0 Å². The zero-order valence-corrected chi connectivity index (χ0v) is 10.2. The Labute approximate surface area is 96.7 Å². The first-order chi connectivity index (χ1) is 7.24. The molecule has 1 amide bonds. The average Bonchev–Trinajstić information content (AvgIpc) is 2.83. The molecule has 0 spiro atoms. The van der Waals surface area contributed by atoms with Crippen LogP contribution in [0.25, 0.3) is 0 Å². The summed E-state index contributed by atoms with van der Waals surface area (Å²) in [7, 11) is 0. The number of aromatic nitrogens is 1. The summed E-state index contributed by atoms with van der Waals surface area (Å²) >= 11 is 3.40. The Morgan fingerprint density at radius 2 is 2.53 bits per heavy atom. The van der Waals surface area contributed by atoms with Gasteiger partial charge in [0.2, 0.25) is 11.8 Å². The van der Waals surface area contributed by atoms with Gasteiger partial charge in [-0.25, -0.2) is 0 Å². The summed E-state index contributed by atoms with van der Waals surface area (Å²) in [6, 6.07) is 1.84. The predicted molar refractivity (Wildman–Crippen MR) is 60.1 cm³/mol. The van der Waals surface area contributed by atoms with Crippen LogP contribution in [-0.4, -0.2) is 22.9 Å². The number of amides is 1. The van der Waals surface area contributed by atoms with Crippen LogP contribution in [0.5, 0.6) is 0 Å². The van der Waals surface area contributed by atoms with E-state index < -0.39 is 0 Å². The minimum absolute atomic E-state index is 0.123. The molecule has 0 bridgehead atoms. The van der Waals surface area contributed by atoms with E-state index in [0.29, 0.717) is 18.2 Å². The average molecular weight is 273 g/mol. The van der Waals surface area contributed by atoms with E-state index in [1.165, 1.54) is 0 Å². The Morgan fingerprint density at radius 3 is 3.07 bits per heavy atom. The summed E-state index contributed by atoms with van der Waals surface area (Å²) < 4.78 is 5.14. The number of aryl methyl sites for hydroxylation is 1. The number of rotatable bonds is 3. The second kappa shape index (κ2) is 4.35. The third-order valence-electron chi connectivity index (χ3n) is 2.60. The molecule has 1 fully saturated rings. The SMILES string of the molecule is CCc1cc(N2CC(CBr)CC2=O)on1. The first-order valence-corrected chi connectivity index (χ1v) is 6.18. The van der Waals surface area contributed by atoms with E-state index in [4.69, 9.17) is 4.52 Å². The fraction of sp³-hybridized carbons (Fsp3) is 0.600. The number of anilines is 1. The van der Waals surface area contributed by atoms with Crippen LogP contribution in [0, 0.1) is 5.92 Å². The minimum atomic E-state index is 0.123. The Kier molecular flexibility index (Phi) is 3.09. The third kappa shape index (κ3) is 2.07. The van der Waals surface area contributed by atoms with Crippen LogP contribution in [-0.2, 0) is 11.2 Å². The van der Waals surface area contributed by atoms with E-state index in [1.807, 2.05) is 13.0 Å². The fourth-order valence-corrected chi connectivity index (χ4v) is 2.13. The van der Waals surface area contributed by atoms with Crippen molar-refractivity contribution in [3.05, 3.63) is 11.8 Å². The quantitative estimate of drug-likeness (QED) is 0.791. The molecule has 2 rings (SSSR count). The number of hydrogen-bond acceptors (Lipinski definition) is 3. The molecule has 4 nitrogen and oxygen atoms in total. The molecule has 0 N–H and O–H groups in total. The van der Waals surface area contributed by atoms with Crippen LogP contribution >= 0.6 is 15.9 Å². The summed E-state index contributed by atoms with van der Waals surface area (Å²) in [6.07, 6.45) is 1.42. The summed E-state index contributed by atoms with van der Waals surface area (Å²) in [5.74, 6) is 1.09. The van der Waals surface area contributed by atoms with Gasteiger partial charge in [-0.3, -0.25) is 9.69 Å². The third-order valence-corrected chi connectivity index (χ3v) is 3.51. The Balaban J connectivity index is 2.14. The van der Waals surface area contributed by atoms with Crippen molar-refractivity contribution in [2.75, 3.05) is 16.8 Å². The molecule has 0 aliphatic carbocycles. The molecule has 1 aliphatic heterocycles. The monoisotopic (exact) mass is 272 g/mol. The molecule has 1 aliphatic rings. The highest BCUT2D eigenvalue weighted by Gasteiger charge is 2.31. The number of halogens is 1. The van der Waals surface area contributed by atoms with Crippen LogP contribution in [0.1, 0.15) is 19.0 Å². The highest BCUT2D eigenvalue weighted by molar-refractivity contribution is 9.09. The van der Waals surface area contributed by atoms with E-state index in [0.717, 1.165) is 24.0 Å². The van der Waals surface area contributed by atoms with Gasteiger partial charge in [0.05, 0.1) is 5.69 Å². The highest BCUT2D eigenvalue weighted by Crippen LogP contribution is 2.26. The van der Waals surface area contributed by atoms with Crippen molar-refractivity contribution in [3.63, 3.8) is 0 Å². The van der Waals surface area contributed by atoms with E-state index in [2.05, 4.69) is 21.1 Å². The lowest BCUT2D eigenvalue weighted by Gasteiger charge is -2.10. The van der Waals surface area contributed by atoms with Crippen molar-refractivity contribution in [2.45, 2.75) is 19.8 Å². The molecule has 5 heteroatoms. The first-order valence-electron chi connectivity index (χ1n) is 5.06. The van der Waals surface area contributed by atoms with E-state index in [1.54, 1.807) is 4.90 Å². The van der Waals surface area contributed by atoms with Gasteiger partial charge in [0, 0.05) is 24.4 Å². The minimum Gasteiger partial charge on any atom is -0.338 e. The van der Waals surface area contributed by atoms with Crippen molar-refractivity contribution in [1.29, 1.82) is 0 Å². The second-order valence-electron chi connectivity index (χ2n) is 3.74. The molecular formula is C10H13BrN2O2. The Hall–Kier alpha value is -0.840. The standard InChI is InChI=1S/C10H13BrN2O2/c1-2-8-4-10(15-12-8)13-6-7(5-11)3-9(13)14/h4,7H,2-3,5-6H2,1H3. The molecule has 1 aromatic heterocycles. The zero-order valence-electron chi connectivity index (χ0n) is 8.57. The van der Waals surface area contributed by atoms with Crippen molar-refractivity contribution in [3.8, 4) is 0 Å². The van der Waals surface area contributed by atoms with Gasteiger partial charge in [-0.2, -0.15) is 0 Å². The van der Waals surface area contributed by atoms with Crippen LogP contribution in [0.4, 0.5) is 5.88 Å². The second-order valence-corrected chi connectivity index (χ2v) is 4.39. The Bertz CT molecular complexity index is 364. The van der Waals surface area contributed by atoms with Gasteiger partial charge >= 0.3 is 0 Å². The lowest BCUT2D eigenvalue weighted by molar-refractivity contribution is -0.117. The number of carbonyl (C=O) groups excluding carboxylic acids is 1. The molecule has 1 saturated heterocycles. The van der Waals surface area contributed by atoms with Crippen LogP contribution in [0.2, 0.25) is 0 Å². The molecular weight excluding hydrogens is 260 g/mol. The van der Waals surface area contributed by atoms with Gasteiger partial charge in [-0.05, 0) is 12.3 Å². The topological polar surface area (TPSA) is 46.3 Å². The van der Waals surface area contributed by atoms with Gasteiger partial charge in [0.15, 0.2) is 0 Å². The van der Waals surface area contributed by atoms with E-state index in [-0.39, 0.29) is 5.91 Å². The number of hydrogen-bond donors (Lipinski definition) is 0. The van der Waals surface area contributed by atoms with Crippen molar-refractivity contribution in [2.24, 2.45) is 5.92 Å². The molecule has 0 saturated carbocycles. The van der Waals surface area contributed by atoms with Crippen molar-refractivity contribution < 1.29 is 9.32 Å². The summed E-state index contributed by atoms with van der Waals surface area (Å²) in [4.78, 5) is 13.3. The lowest BCUT2D eigenvalue weighted by Crippen LogP contribution is -2.24. The predicted octanol–water partition coefficient (Wildman–Crippen LogP) is 1.98. The van der Waals surface area contributed by atoms with Crippen LogP contribution in [0.15, 0.2) is 10.6 Å². The van der Waals surface area contributed by atoms with Crippen LogP contribution < -0.4 is 4.90 Å². The van der Waals surface area contributed by atoms with Gasteiger partial charge in [-0.15, -0.1) is 0 Å². The normalized spacial score (nSPS) is 21.3. The Morgan fingerprint density at radius 1 is 1.73 bits per heavy atom. The smallest absolute Gasteiger partial charge is 0.234 e. The summed E-state index contributed by atoms with van der Waals surface area (Å²) in [6.45, 7) is 2.73. The summed E-state index contributed by atoms with van der Waals surface area (Å²) in [5.41, 5.74) is 0.889. The van der Waals surface area contributed by atoms with E-state index >= 15 is 0 Å². The molecule has 82 valence electrons. The van der Waals surface area contributed by atoms with E-state index in [9.17, 15) is 4.79 Å². The van der Waals surface area contributed by atoms with Crippen molar-refractivity contribution in [1.82, 2.24) is 5.16 Å². The molecule has 15 heavy (non-hydrogen) atoms. The zero-order chi connectivity index (χ0) is 10.8. The lowest BCUT2D eigenvalue weighted by atomic mass is 10.2. The maximum atomic E-state index is 11.7. The van der Waals surface area contributed by atoms with Crippen LogP contribution in [0.3, 0.4) is 0 Å². The van der Waals surface area contributed by atoms with Crippen molar-refractivity contribution >= 4 is 27.7 Å². The highest BCUT2D eigenvalue weighted by atomic mass is 79.9. The van der Waals surface area contributed by atoms with Gasteiger partial charge < -0.3 is 4.52 Å². The first kappa shape index (κ1) is 10.7. The molecule has 0 aromatic carbocycles. The maximum Gasteiger partial charge on any atom is 0.234 e. The maximum absolute atomic E-state index is 11.7. The molecule has 1 unspecified atom stereocenters. The van der Waals surface area contributed by atoms with Gasteiger partial charge in [0.25, 0.3) is 0 Å². The number of alkyl halides is 1. The molecule has 0 radical (unpaired) electrons. The molecule has 1 atom stereocenters. The largest absolute Gasteiger partial charge is 0.338 e. The number of carbonyl (C=O) groups is 1.